The molecule has 0 saturated carbocycles. The van der Waals surface area contributed by atoms with E-state index in [0.29, 0.717) is 17.8 Å². The van der Waals surface area contributed by atoms with Crippen LogP contribution in [0.4, 0.5) is 0 Å². The number of phenolic OH excluding ortho intramolecular Hbond substituents is 1. The number of rotatable bonds is 5. The molecule has 17 heavy (non-hydrogen) atoms. The van der Waals surface area contributed by atoms with Gasteiger partial charge in [-0.1, -0.05) is 25.1 Å². The minimum atomic E-state index is 0.370. The standard InChI is InChI=1S/C14H21NO2/c1-2-14-12(7-8-17-14)10-15-9-11-5-3-4-6-13(11)16/h3-6,12,14-16H,2,7-10H2,1H3. The van der Waals surface area contributed by atoms with Crippen molar-refractivity contribution in [2.75, 3.05) is 13.2 Å². The summed E-state index contributed by atoms with van der Waals surface area (Å²) >= 11 is 0. The highest BCUT2D eigenvalue weighted by molar-refractivity contribution is 5.31. The Kier molecular flexibility index (Phi) is 4.40. The van der Waals surface area contributed by atoms with Gasteiger partial charge in [0.05, 0.1) is 6.10 Å². The first-order chi connectivity index (χ1) is 8.31. The molecule has 1 aromatic rings. The minimum absolute atomic E-state index is 0.370. The summed E-state index contributed by atoms with van der Waals surface area (Å²) in [7, 11) is 0. The summed E-state index contributed by atoms with van der Waals surface area (Å²) < 4.78 is 5.65. The largest absolute Gasteiger partial charge is 0.508 e. The molecular formula is C14H21NO2. The first-order valence-corrected chi connectivity index (χ1v) is 6.40. The van der Waals surface area contributed by atoms with Crippen molar-refractivity contribution in [1.82, 2.24) is 5.32 Å². The second-order valence-corrected chi connectivity index (χ2v) is 4.63. The van der Waals surface area contributed by atoms with Gasteiger partial charge in [0.1, 0.15) is 5.75 Å². The van der Waals surface area contributed by atoms with Gasteiger partial charge in [-0.25, -0.2) is 0 Å². The van der Waals surface area contributed by atoms with Crippen molar-refractivity contribution in [2.45, 2.75) is 32.4 Å². The molecule has 0 amide bonds. The van der Waals surface area contributed by atoms with Crippen LogP contribution in [0.3, 0.4) is 0 Å². The third kappa shape index (κ3) is 3.20. The zero-order valence-corrected chi connectivity index (χ0v) is 10.4. The van der Waals surface area contributed by atoms with Crippen LogP contribution in [0.1, 0.15) is 25.3 Å². The second-order valence-electron chi connectivity index (χ2n) is 4.63. The molecule has 0 radical (unpaired) electrons. The molecule has 94 valence electrons. The van der Waals surface area contributed by atoms with Crippen LogP contribution in [-0.4, -0.2) is 24.4 Å². The molecule has 1 aliphatic rings. The van der Waals surface area contributed by atoms with Gasteiger partial charge in [-0.15, -0.1) is 0 Å². The van der Waals surface area contributed by atoms with E-state index in [-0.39, 0.29) is 0 Å². The van der Waals surface area contributed by atoms with E-state index < -0.39 is 0 Å². The lowest BCUT2D eigenvalue weighted by Crippen LogP contribution is -2.27. The van der Waals surface area contributed by atoms with Crippen molar-refractivity contribution in [3.05, 3.63) is 29.8 Å². The predicted octanol–water partition coefficient (Wildman–Crippen LogP) is 2.30. The molecule has 2 unspecified atom stereocenters. The molecular weight excluding hydrogens is 214 g/mol. The van der Waals surface area contributed by atoms with Gasteiger partial charge in [0.15, 0.2) is 0 Å². The van der Waals surface area contributed by atoms with E-state index >= 15 is 0 Å². The number of hydrogen-bond acceptors (Lipinski definition) is 3. The van der Waals surface area contributed by atoms with Crippen LogP contribution < -0.4 is 5.32 Å². The first kappa shape index (κ1) is 12.4. The number of ether oxygens (including phenoxy) is 1. The topological polar surface area (TPSA) is 41.5 Å². The third-order valence-corrected chi connectivity index (χ3v) is 3.46. The van der Waals surface area contributed by atoms with Gasteiger partial charge in [0, 0.05) is 25.3 Å². The maximum Gasteiger partial charge on any atom is 0.120 e. The molecule has 1 aromatic carbocycles. The van der Waals surface area contributed by atoms with Gasteiger partial charge in [-0.05, 0) is 24.8 Å². The zero-order chi connectivity index (χ0) is 12.1. The van der Waals surface area contributed by atoms with Crippen LogP contribution in [-0.2, 0) is 11.3 Å². The lowest BCUT2D eigenvalue weighted by atomic mass is 9.99. The number of aromatic hydroxyl groups is 1. The minimum Gasteiger partial charge on any atom is -0.508 e. The predicted molar refractivity (Wildman–Crippen MR) is 68.0 cm³/mol. The summed E-state index contributed by atoms with van der Waals surface area (Å²) in [6, 6.07) is 7.47. The Morgan fingerprint density at radius 2 is 2.24 bits per heavy atom. The van der Waals surface area contributed by atoms with Crippen molar-refractivity contribution in [3.8, 4) is 5.75 Å². The molecule has 0 aromatic heterocycles. The normalized spacial score (nSPS) is 24.1. The maximum absolute atomic E-state index is 9.64. The summed E-state index contributed by atoms with van der Waals surface area (Å²) in [4.78, 5) is 0. The first-order valence-electron chi connectivity index (χ1n) is 6.40. The fraction of sp³-hybridized carbons (Fsp3) is 0.571. The fourth-order valence-corrected chi connectivity index (χ4v) is 2.43. The van der Waals surface area contributed by atoms with Crippen molar-refractivity contribution in [3.63, 3.8) is 0 Å². The van der Waals surface area contributed by atoms with E-state index in [1.807, 2.05) is 18.2 Å². The fourth-order valence-electron chi connectivity index (χ4n) is 2.43. The molecule has 1 saturated heterocycles. The van der Waals surface area contributed by atoms with Gasteiger partial charge >= 0.3 is 0 Å². The van der Waals surface area contributed by atoms with E-state index in [2.05, 4.69) is 12.2 Å². The van der Waals surface area contributed by atoms with E-state index in [0.717, 1.165) is 38.1 Å². The zero-order valence-electron chi connectivity index (χ0n) is 10.4. The van der Waals surface area contributed by atoms with Crippen LogP contribution >= 0.6 is 0 Å². The summed E-state index contributed by atoms with van der Waals surface area (Å²) in [6.07, 6.45) is 2.64. The summed E-state index contributed by atoms with van der Waals surface area (Å²) in [5.74, 6) is 0.987. The summed E-state index contributed by atoms with van der Waals surface area (Å²) in [5.41, 5.74) is 0.958. The Hall–Kier alpha value is -1.06. The van der Waals surface area contributed by atoms with Gasteiger partial charge < -0.3 is 15.2 Å². The van der Waals surface area contributed by atoms with Crippen LogP contribution in [0.25, 0.3) is 0 Å². The third-order valence-electron chi connectivity index (χ3n) is 3.46. The number of benzene rings is 1. The van der Waals surface area contributed by atoms with Gasteiger partial charge in [0.25, 0.3) is 0 Å². The van der Waals surface area contributed by atoms with Crippen molar-refractivity contribution < 1.29 is 9.84 Å². The van der Waals surface area contributed by atoms with Gasteiger partial charge in [-0.3, -0.25) is 0 Å². The quantitative estimate of drug-likeness (QED) is 0.823. The molecule has 1 heterocycles. The van der Waals surface area contributed by atoms with Crippen LogP contribution in [0, 0.1) is 5.92 Å². The second kappa shape index (κ2) is 6.03. The Balaban J connectivity index is 1.78. The Morgan fingerprint density at radius 1 is 1.41 bits per heavy atom. The van der Waals surface area contributed by atoms with E-state index in [1.54, 1.807) is 6.07 Å². The lowest BCUT2D eigenvalue weighted by molar-refractivity contribution is 0.0872. The van der Waals surface area contributed by atoms with Crippen LogP contribution in [0.15, 0.2) is 24.3 Å². The van der Waals surface area contributed by atoms with E-state index in [9.17, 15) is 5.11 Å². The van der Waals surface area contributed by atoms with Crippen LogP contribution in [0.5, 0.6) is 5.75 Å². The highest BCUT2D eigenvalue weighted by atomic mass is 16.5. The summed E-state index contributed by atoms with van der Waals surface area (Å²) in [6.45, 7) is 4.75. The lowest BCUT2D eigenvalue weighted by Gasteiger charge is -2.17. The average Bonchev–Trinajstić information content (AvgIpc) is 2.79. The number of para-hydroxylation sites is 1. The van der Waals surface area contributed by atoms with Crippen molar-refractivity contribution in [1.29, 1.82) is 0 Å². The van der Waals surface area contributed by atoms with Gasteiger partial charge in [-0.2, -0.15) is 0 Å². The highest BCUT2D eigenvalue weighted by Gasteiger charge is 2.25. The Morgan fingerprint density at radius 3 is 3.00 bits per heavy atom. The molecule has 3 nitrogen and oxygen atoms in total. The van der Waals surface area contributed by atoms with Crippen LogP contribution in [0.2, 0.25) is 0 Å². The molecule has 1 aliphatic heterocycles. The SMILES string of the molecule is CCC1OCCC1CNCc1ccccc1O. The smallest absolute Gasteiger partial charge is 0.120 e. The molecule has 0 bridgehead atoms. The molecule has 1 fully saturated rings. The molecule has 3 heteroatoms. The van der Waals surface area contributed by atoms with Crippen molar-refractivity contribution in [2.24, 2.45) is 5.92 Å². The Bertz CT molecular complexity index is 354. The number of nitrogens with one attached hydrogen (secondary N) is 1. The molecule has 2 atom stereocenters. The molecule has 0 spiro atoms. The number of phenols is 1. The summed E-state index contributed by atoms with van der Waals surface area (Å²) in [5, 5.41) is 13.0. The highest BCUT2D eigenvalue weighted by Crippen LogP contribution is 2.23. The monoisotopic (exact) mass is 235 g/mol. The average molecular weight is 235 g/mol. The van der Waals surface area contributed by atoms with Gasteiger partial charge in [0.2, 0.25) is 0 Å². The molecule has 2 N–H and O–H groups in total. The van der Waals surface area contributed by atoms with E-state index in [4.69, 9.17) is 4.74 Å². The molecule has 2 rings (SSSR count). The maximum atomic E-state index is 9.64. The number of hydrogen-bond donors (Lipinski definition) is 2. The molecule has 0 aliphatic carbocycles. The Labute approximate surface area is 103 Å². The van der Waals surface area contributed by atoms with E-state index in [1.165, 1.54) is 0 Å². The van der Waals surface area contributed by atoms with Crippen molar-refractivity contribution >= 4 is 0 Å².